The van der Waals surface area contributed by atoms with Gasteiger partial charge in [0.2, 0.25) is 0 Å². The second-order valence-electron chi connectivity index (χ2n) is 4.46. The van der Waals surface area contributed by atoms with Crippen LogP contribution in [0.25, 0.3) is 10.6 Å². The highest BCUT2D eigenvalue weighted by atomic mass is 32.1. The molecule has 0 aliphatic carbocycles. The van der Waals surface area contributed by atoms with Crippen LogP contribution in [0.5, 0.6) is 0 Å². The number of aromatic nitrogens is 2. The SMILES string of the molecule is Cc1ncsc1-c1cc(C(=O)NCc2cccs2)ccn1. The quantitative estimate of drug-likeness (QED) is 0.801. The summed E-state index contributed by atoms with van der Waals surface area (Å²) in [6.45, 7) is 2.49. The second-order valence-corrected chi connectivity index (χ2v) is 6.35. The van der Waals surface area contributed by atoms with Crippen LogP contribution in [0, 0.1) is 6.92 Å². The zero-order chi connectivity index (χ0) is 14.7. The summed E-state index contributed by atoms with van der Waals surface area (Å²) < 4.78 is 0. The molecular formula is C15H13N3OS2. The molecule has 3 heterocycles. The van der Waals surface area contributed by atoms with E-state index in [-0.39, 0.29) is 5.91 Å². The summed E-state index contributed by atoms with van der Waals surface area (Å²) in [5.74, 6) is -0.0887. The summed E-state index contributed by atoms with van der Waals surface area (Å²) in [7, 11) is 0. The smallest absolute Gasteiger partial charge is 0.251 e. The predicted molar refractivity (Wildman–Crippen MR) is 85.6 cm³/mol. The maximum Gasteiger partial charge on any atom is 0.251 e. The number of pyridine rings is 1. The zero-order valence-electron chi connectivity index (χ0n) is 11.4. The van der Waals surface area contributed by atoms with E-state index in [1.165, 1.54) is 11.3 Å². The summed E-state index contributed by atoms with van der Waals surface area (Å²) in [6.07, 6.45) is 1.66. The molecule has 0 aliphatic rings. The van der Waals surface area contributed by atoms with Crippen molar-refractivity contribution in [3.8, 4) is 10.6 Å². The van der Waals surface area contributed by atoms with Gasteiger partial charge in [0, 0.05) is 16.6 Å². The van der Waals surface area contributed by atoms with Gasteiger partial charge in [-0.2, -0.15) is 0 Å². The summed E-state index contributed by atoms with van der Waals surface area (Å²) >= 11 is 3.16. The number of nitrogens with one attached hydrogen (secondary N) is 1. The van der Waals surface area contributed by atoms with Crippen LogP contribution in [-0.4, -0.2) is 15.9 Å². The minimum Gasteiger partial charge on any atom is -0.347 e. The van der Waals surface area contributed by atoms with Gasteiger partial charge in [0.05, 0.1) is 28.3 Å². The molecule has 4 nitrogen and oxygen atoms in total. The standard InChI is InChI=1S/C15H13N3OS2/c1-10-14(21-9-18-10)13-7-11(4-5-16-13)15(19)17-8-12-3-2-6-20-12/h2-7,9H,8H2,1H3,(H,17,19). The van der Waals surface area contributed by atoms with Crippen molar-refractivity contribution in [2.45, 2.75) is 13.5 Å². The van der Waals surface area contributed by atoms with Crippen LogP contribution in [0.4, 0.5) is 0 Å². The second kappa shape index (κ2) is 6.15. The third kappa shape index (κ3) is 3.17. The third-order valence-corrected chi connectivity index (χ3v) is 4.83. The fraction of sp³-hybridized carbons (Fsp3) is 0.133. The van der Waals surface area contributed by atoms with Gasteiger partial charge in [-0.15, -0.1) is 22.7 Å². The third-order valence-electron chi connectivity index (χ3n) is 3.00. The lowest BCUT2D eigenvalue weighted by molar-refractivity contribution is 0.0951. The van der Waals surface area contributed by atoms with E-state index < -0.39 is 0 Å². The van der Waals surface area contributed by atoms with Crippen molar-refractivity contribution >= 4 is 28.6 Å². The molecule has 0 bridgehead atoms. The molecule has 0 fully saturated rings. The molecule has 106 valence electrons. The Bertz CT molecular complexity index is 750. The average molecular weight is 315 g/mol. The highest BCUT2D eigenvalue weighted by molar-refractivity contribution is 7.13. The molecule has 3 aromatic heterocycles. The highest BCUT2D eigenvalue weighted by Gasteiger charge is 2.11. The molecule has 1 amide bonds. The molecule has 0 aliphatic heterocycles. The maximum atomic E-state index is 12.2. The monoisotopic (exact) mass is 315 g/mol. The lowest BCUT2D eigenvalue weighted by atomic mass is 10.2. The van der Waals surface area contributed by atoms with E-state index in [0.717, 1.165) is 21.1 Å². The van der Waals surface area contributed by atoms with Gasteiger partial charge in [0.15, 0.2) is 0 Å². The van der Waals surface area contributed by atoms with Crippen molar-refractivity contribution in [3.05, 3.63) is 57.5 Å². The first-order valence-corrected chi connectivity index (χ1v) is 8.17. The lowest BCUT2D eigenvalue weighted by Crippen LogP contribution is -2.22. The topological polar surface area (TPSA) is 54.9 Å². The average Bonchev–Trinajstić information content (AvgIpc) is 3.16. The first-order valence-electron chi connectivity index (χ1n) is 6.41. The van der Waals surface area contributed by atoms with Gasteiger partial charge in [-0.1, -0.05) is 6.07 Å². The number of carbonyl (C=O) groups is 1. The van der Waals surface area contributed by atoms with Crippen LogP contribution in [0.3, 0.4) is 0 Å². The van der Waals surface area contributed by atoms with Gasteiger partial charge in [-0.25, -0.2) is 4.98 Å². The van der Waals surface area contributed by atoms with E-state index in [4.69, 9.17) is 0 Å². The number of aryl methyl sites for hydroxylation is 1. The van der Waals surface area contributed by atoms with Crippen LogP contribution in [0.1, 0.15) is 20.9 Å². The Morgan fingerprint density at radius 1 is 1.29 bits per heavy atom. The number of nitrogens with zero attached hydrogens (tertiary/aromatic N) is 2. The normalized spacial score (nSPS) is 10.5. The first-order chi connectivity index (χ1) is 10.2. The first kappa shape index (κ1) is 13.9. The van der Waals surface area contributed by atoms with Crippen LogP contribution < -0.4 is 5.32 Å². The Morgan fingerprint density at radius 2 is 2.19 bits per heavy atom. The van der Waals surface area contributed by atoms with Crippen molar-refractivity contribution in [1.82, 2.24) is 15.3 Å². The number of carbonyl (C=O) groups excluding carboxylic acids is 1. The van der Waals surface area contributed by atoms with Crippen LogP contribution in [0.15, 0.2) is 41.4 Å². The number of rotatable bonds is 4. The van der Waals surface area contributed by atoms with Gasteiger partial charge in [-0.3, -0.25) is 9.78 Å². The van der Waals surface area contributed by atoms with Gasteiger partial charge in [0.1, 0.15) is 0 Å². The highest BCUT2D eigenvalue weighted by Crippen LogP contribution is 2.25. The minimum atomic E-state index is -0.0887. The fourth-order valence-corrected chi connectivity index (χ4v) is 3.34. The number of thiophene rings is 1. The molecule has 1 N–H and O–H groups in total. The van der Waals surface area contributed by atoms with E-state index in [2.05, 4.69) is 15.3 Å². The fourth-order valence-electron chi connectivity index (χ4n) is 1.93. The Morgan fingerprint density at radius 3 is 2.90 bits per heavy atom. The molecule has 3 rings (SSSR count). The van der Waals surface area contributed by atoms with Crippen molar-refractivity contribution in [1.29, 1.82) is 0 Å². The number of hydrogen-bond donors (Lipinski definition) is 1. The Hall–Kier alpha value is -2.05. The van der Waals surface area contributed by atoms with Gasteiger partial charge < -0.3 is 5.32 Å². The maximum absolute atomic E-state index is 12.2. The Labute approximate surface area is 130 Å². The van der Waals surface area contributed by atoms with Crippen LogP contribution in [0.2, 0.25) is 0 Å². The molecule has 0 aromatic carbocycles. The predicted octanol–water partition coefficient (Wildman–Crippen LogP) is 3.51. The molecule has 0 radical (unpaired) electrons. The Balaban J connectivity index is 1.76. The van der Waals surface area contributed by atoms with E-state index >= 15 is 0 Å². The summed E-state index contributed by atoms with van der Waals surface area (Å²) in [6, 6.07) is 7.51. The summed E-state index contributed by atoms with van der Waals surface area (Å²) in [5.41, 5.74) is 4.13. The molecule has 0 atom stereocenters. The van der Waals surface area contributed by atoms with Crippen molar-refractivity contribution < 1.29 is 4.79 Å². The molecular weight excluding hydrogens is 302 g/mol. The van der Waals surface area contributed by atoms with Crippen LogP contribution >= 0.6 is 22.7 Å². The van der Waals surface area contributed by atoms with Gasteiger partial charge in [-0.05, 0) is 30.5 Å². The van der Waals surface area contributed by atoms with Crippen LogP contribution in [-0.2, 0) is 6.54 Å². The number of thiazole rings is 1. The Kier molecular flexibility index (Phi) is 4.08. The molecule has 3 aromatic rings. The van der Waals surface area contributed by atoms with Crippen molar-refractivity contribution in [2.24, 2.45) is 0 Å². The molecule has 6 heteroatoms. The molecule has 0 unspecified atom stereocenters. The van der Waals surface area contributed by atoms with Gasteiger partial charge in [0.25, 0.3) is 5.91 Å². The van der Waals surface area contributed by atoms with E-state index in [0.29, 0.717) is 12.1 Å². The zero-order valence-corrected chi connectivity index (χ0v) is 13.0. The molecule has 0 spiro atoms. The number of amides is 1. The number of hydrogen-bond acceptors (Lipinski definition) is 5. The van der Waals surface area contributed by atoms with Crippen molar-refractivity contribution in [3.63, 3.8) is 0 Å². The summed E-state index contributed by atoms with van der Waals surface area (Å²) in [5, 5.41) is 4.92. The summed E-state index contributed by atoms with van der Waals surface area (Å²) in [4.78, 5) is 22.9. The van der Waals surface area contributed by atoms with E-state index in [1.807, 2.05) is 30.5 Å². The minimum absolute atomic E-state index is 0.0887. The van der Waals surface area contributed by atoms with E-state index in [1.54, 1.807) is 29.1 Å². The van der Waals surface area contributed by atoms with Gasteiger partial charge >= 0.3 is 0 Å². The molecule has 0 saturated heterocycles. The largest absolute Gasteiger partial charge is 0.347 e. The lowest BCUT2D eigenvalue weighted by Gasteiger charge is -2.05. The van der Waals surface area contributed by atoms with E-state index in [9.17, 15) is 4.79 Å². The molecule has 21 heavy (non-hydrogen) atoms. The van der Waals surface area contributed by atoms with Crippen molar-refractivity contribution in [2.75, 3.05) is 0 Å². The molecule has 0 saturated carbocycles.